The van der Waals surface area contributed by atoms with Gasteiger partial charge in [0.2, 0.25) is 0 Å². The van der Waals surface area contributed by atoms with E-state index in [0.717, 1.165) is 34.9 Å². The van der Waals surface area contributed by atoms with Crippen molar-refractivity contribution in [2.24, 2.45) is 0 Å². The van der Waals surface area contributed by atoms with Crippen LogP contribution in [0.5, 0.6) is 0 Å². The van der Waals surface area contributed by atoms with E-state index in [1.54, 1.807) is 10.7 Å². The monoisotopic (exact) mass is 412 g/mol. The highest BCUT2D eigenvalue weighted by molar-refractivity contribution is 5.83. The van der Waals surface area contributed by atoms with Crippen molar-refractivity contribution in [3.05, 3.63) is 84.7 Å². The lowest BCUT2D eigenvalue weighted by Gasteiger charge is -2.11. The van der Waals surface area contributed by atoms with E-state index in [2.05, 4.69) is 44.1 Å². The minimum Gasteiger partial charge on any atom is -0.368 e. The largest absolute Gasteiger partial charge is 0.368 e. The summed E-state index contributed by atoms with van der Waals surface area (Å²) in [5.41, 5.74) is 5.48. The Morgan fingerprint density at radius 3 is 2.90 bits per heavy atom. The number of para-hydroxylation sites is 1. The fourth-order valence-electron chi connectivity index (χ4n) is 3.76. The van der Waals surface area contributed by atoms with Crippen molar-refractivity contribution in [2.75, 3.05) is 11.9 Å². The summed E-state index contributed by atoms with van der Waals surface area (Å²) < 4.78 is 15.5. The van der Waals surface area contributed by atoms with Gasteiger partial charge in [0.1, 0.15) is 11.3 Å². The van der Waals surface area contributed by atoms with Gasteiger partial charge in [-0.2, -0.15) is 0 Å². The molecule has 0 saturated carbocycles. The van der Waals surface area contributed by atoms with Crippen LogP contribution in [-0.2, 0) is 6.42 Å². The molecule has 4 aromatic heterocycles. The minimum absolute atomic E-state index is 0.396. The van der Waals surface area contributed by atoms with Crippen molar-refractivity contribution in [1.82, 2.24) is 24.6 Å². The molecule has 7 heteroatoms. The quantitative estimate of drug-likeness (QED) is 0.407. The second kappa shape index (κ2) is 7.68. The van der Waals surface area contributed by atoms with Crippen molar-refractivity contribution in [3.63, 3.8) is 0 Å². The Morgan fingerprint density at radius 2 is 2.06 bits per heavy atom. The summed E-state index contributed by atoms with van der Waals surface area (Å²) in [6, 6.07) is 13.6. The highest BCUT2D eigenvalue weighted by atomic mass is 19.1. The van der Waals surface area contributed by atoms with E-state index in [0.29, 0.717) is 23.8 Å². The van der Waals surface area contributed by atoms with Crippen LogP contribution in [0.1, 0.15) is 18.2 Å². The standard InChI is InChI=1S/C24H21FN6/c1-15(2)21-7-8-22-24(27-10-9-16-13-28-20-6-4-3-5-19(16)20)29-23(30-31(21)22)17-11-18(25)14-26-12-17/h3-8,11-14,28H,1,9-10H2,2H3,(H,27,29,30). The third-order valence-electron chi connectivity index (χ3n) is 5.27. The first-order valence-electron chi connectivity index (χ1n) is 10.1. The smallest absolute Gasteiger partial charge is 0.183 e. The highest BCUT2D eigenvalue weighted by Gasteiger charge is 2.14. The molecule has 5 aromatic rings. The van der Waals surface area contributed by atoms with Gasteiger partial charge in [-0.15, -0.1) is 5.10 Å². The van der Waals surface area contributed by atoms with E-state index >= 15 is 0 Å². The molecule has 0 spiro atoms. The first kappa shape index (κ1) is 19.0. The summed E-state index contributed by atoms with van der Waals surface area (Å²) in [6.07, 6.45) is 5.59. The number of fused-ring (bicyclic) bond motifs is 2. The van der Waals surface area contributed by atoms with Crippen molar-refractivity contribution in [1.29, 1.82) is 0 Å². The molecule has 1 aromatic carbocycles. The normalized spacial score (nSPS) is 11.3. The molecule has 154 valence electrons. The molecule has 0 atom stereocenters. The molecule has 0 radical (unpaired) electrons. The maximum absolute atomic E-state index is 13.7. The topological polar surface area (TPSA) is 70.9 Å². The first-order valence-corrected chi connectivity index (χ1v) is 10.1. The van der Waals surface area contributed by atoms with Crippen molar-refractivity contribution < 1.29 is 4.39 Å². The lowest BCUT2D eigenvalue weighted by Crippen LogP contribution is -2.10. The molecule has 6 nitrogen and oxygen atoms in total. The van der Waals surface area contributed by atoms with Crippen LogP contribution in [-0.4, -0.2) is 31.1 Å². The summed E-state index contributed by atoms with van der Waals surface area (Å²) in [7, 11) is 0. The Balaban J connectivity index is 1.50. The molecule has 4 heterocycles. The summed E-state index contributed by atoms with van der Waals surface area (Å²) >= 11 is 0. The molecule has 0 aliphatic carbocycles. The molecule has 31 heavy (non-hydrogen) atoms. The predicted octanol–water partition coefficient (Wildman–Crippen LogP) is 5.10. The van der Waals surface area contributed by atoms with Crippen LogP contribution in [0.15, 0.2) is 67.6 Å². The van der Waals surface area contributed by atoms with Gasteiger partial charge in [-0.25, -0.2) is 13.9 Å². The lowest BCUT2D eigenvalue weighted by molar-refractivity contribution is 0.621. The van der Waals surface area contributed by atoms with E-state index in [9.17, 15) is 4.39 Å². The average molecular weight is 412 g/mol. The Morgan fingerprint density at radius 1 is 1.19 bits per heavy atom. The van der Waals surface area contributed by atoms with E-state index in [-0.39, 0.29) is 0 Å². The SMILES string of the molecule is C=C(C)c1ccc2c(NCCc3c[nH]c4ccccc34)nc(-c3cncc(F)c3)nn12. The van der Waals surface area contributed by atoms with Gasteiger partial charge in [-0.1, -0.05) is 24.8 Å². The number of halogens is 1. The zero-order chi connectivity index (χ0) is 21.4. The summed E-state index contributed by atoms with van der Waals surface area (Å²) in [4.78, 5) is 11.9. The van der Waals surface area contributed by atoms with Crippen LogP contribution in [0.4, 0.5) is 10.2 Å². The van der Waals surface area contributed by atoms with Crippen LogP contribution in [0.2, 0.25) is 0 Å². The number of H-pyrrole nitrogens is 1. The zero-order valence-electron chi connectivity index (χ0n) is 17.1. The number of pyridine rings is 1. The Kier molecular flexibility index (Phi) is 4.71. The molecule has 0 aliphatic heterocycles. The van der Waals surface area contributed by atoms with Gasteiger partial charge in [-0.05, 0) is 48.7 Å². The molecular weight excluding hydrogens is 391 g/mol. The van der Waals surface area contributed by atoms with E-state index < -0.39 is 5.82 Å². The first-order chi connectivity index (χ1) is 15.1. The summed E-state index contributed by atoms with van der Waals surface area (Å²) in [6.45, 7) is 6.65. The Labute approximate surface area is 178 Å². The van der Waals surface area contributed by atoms with Crippen LogP contribution in [0.25, 0.3) is 33.4 Å². The summed E-state index contributed by atoms with van der Waals surface area (Å²) in [5, 5.41) is 9.28. The number of benzene rings is 1. The molecule has 2 N–H and O–H groups in total. The van der Waals surface area contributed by atoms with Crippen LogP contribution >= 0.6 is 0 Å². The lowest BCUT2D eigenvalue weighted by atomic mass is 10.1. The number of aromatic amines is 1. The summed E-state index contributed by atoms with van der Waals surface area (Å²) in [5.74, 6) is 0.650. The molecular formula is C24H21FN6. The molecule has 0 bridgehead atoms. The van der Waals surface area contributed by atoms with Gasteiger partial charge in [0.15, 0.2) is 11.6 Å². The maximum Gasteiger partial charge on any atom is 0.183 e. The molecule has 5 rings (SSSR count). The van der Waals surface area contributed by atoms with Crippen LogP contribution in [0.3, 0.4) is 0 Å². The Bertz CT molecular complexity index is 1410. The predicted molar refractivity (Wildman–Crippen MR) is 121 cm³/mol. The second-order valence-electron chi connectivity index (χ2n) is 7.51. The number of allylic oxidation sites excluding steroid dienone is 1. The number of aromatic nitrogens is 5. The van der Waals surface area contributed by atoms with E-state index in [1.165, 1.54) is 17.0 Å². The van der Waals surface area contributed by atoms with Gasteiger partial charge < -0.3 is 10.3 Å². The zero-order valence-corrected chi connectivity index (χ0v) is 17.1. The third kappa shape index (κ3) is 3.54. The average Bonchev–Trinajstić information content (AvgIpc) is 3.38. The molecule has 0 amide bonds. The van der Waals surface area contributed by atoms with Gasteiger partial charge >= 0.3 is 0 Å². The van der Waals surface area contributed by atoms with Crippen molar-refractivity contribution in [2.45, 2.75) is 13.3 Å². The minimum atomic E-state index is -0.428. The van der Waals surface area contributed by atoms with E-state index in [1.807, 2.05) is 37.4 Å². The third-order valence-corrected chi connectivity index (χ3v) is 5.27. The number of rotatable bonds is 6. The van der Waals surface area contributed by atoms with Crippen LogP contribution in [0, 0.1) is 5.82 Å². The molecule has 0 fully saturated rings. The van der Waals surface area contributed by atoms with Crippen LogP contribution < -0.4 is 5.32 Å². The van der Waals surface area contributed by atoms with Crippen molar-refractivity contribution in [3.8, 4) is 11.4 Å². The fourth-order valence-corrected chi connectivity index (χ4v) is 3.76. The van der Waals surface area contributed by atoms with Gasteiger partial charge in [-0.3, -0.25) is 4.98 Å². The van der Waals surface area contributed by atoms with Gasteiger partial charge in [0.05, 0.1) is 11.9 Å². The number of anilines is 1. The number of nitrogens with zero attached hydrogens (tertiary/aromatic N) is 4. The second-order valence-corrected chi connectivity index (χ2v) is 7.51. The Hall–Kier alpha value is -4.00. The number of hydrogen-bond donors (Lipinski definition) is 2. The maximum atomic E-state index is 13.7. The van der Waals surface area contributed by atoms with Gasteiger partial charge in [0.25, 0.3) is 0 Å². The fraction of sp³-hybridized carbons (Fsp3) is 0.125. The van der Waals surface area contributed by atoms with E-state index in [4.69, 9.17) is 0 Å². The number of hydrogen-bond acceptors (Lipinski definition) is 4. The van der Waals surface area contributed by atoms with Gasteiger partial charge in [0, 0.05) is 35.4 Å². The molecule has 0 saturated heterocycles. The van der Waals surface area contributed by atoms with Crippen molar-refractivity contribution >= 4 is 27.8 Å². The molecule has 0 aliphatic rings. The highest BCUT2D eigenvalue weighted by Crippen LogP contribution is 2.25. The molecule has 0 unspecified atom stereocenters. The number of nitrogens with one attached hydrogen (secondary N) is 2.